The molecule has 0 saturated heterocycles. The number of nitrogens with zero attached hydrogens (tertiary/aromatic N) is 5. The van der Waals surface area contributed by atoms with Crippen LogP contribution in [0.2, 0.25) is 0 Å². The number of thiophene rings is 1. The maximum Gasteiger partial charge on any atom is 0.333 e. The van der Waals surface area contributed by atoms with Crippen molar-refractivity contribution >= 4 is 38.4 Å². The molecule has 31 heavy (non-hydrogen) atoms. The largest absolute Gasteiger partial charge is 0.383 e. The van der Waals surface area contributed by atoms with Crippen molar-refractivity contribution < 1.29 is 24.1 Å². The van der Waals surface area contributed by atoms with Crippen molar-refractivity contribution in [1.82, 2.24) is 0 Å². The summed E-state index contributed by atoms with van der Waals surface area (Å²) in [4.78, 5) is 22.6. The Labute approximate surface area is 182 Å². The molecule has 0 radical (unpaired) electrons. The Hall–Kier alpha value is -3.00. The Morgan fingerprint density at radius 2 is 1.61 bits per heavy atom. The Morgan fingerprint density at radius 3 is 2.23 bits per heavy atom. The van der Waals surface area contributed by atoms with Gasteiger partial charge in [0.25, 0.3) is 0 Å². The number of nitro groups is 2. The van der Waals surface area contributed by atoms with Crippen LogP contribution in [-0.2, 0) is 14.2 Å². The minimum atomic E-state index is -0.719. The topological polar surface area (TPSA) is 142 Å². The quantitative estimate of drug-likeness (QED) is 0.180. The van der Waals surface area contributed by atoms with Crippen molar-refractivity contribution in [2.24, 2.45) is 10.2 Å². The van der Waals surface area contributed by atoms with Crippen molar-refractivity contribution in [3.05, 3.63) is 50.6 Å². The number of hydrogen-bond donors (Lipinski definition) is 0. The van der Waals surface area contributed by atoms with E-state index < -0.39 is 15.5 Å². The second-order valence-electron chi connectivity index (χ2n) is 6.09. The van der Waals surface area contributed by atoms with Gasteiger partial charge in [0.2, 0.25) is 5.00 Å². The van der Waals surface area contributed by atoms with Crippen LogP contribution in [0.15, 0.2) is 40.6 Å². The lowest BCUT2D eigenvalue weighted by molar-refractivity contribution is -0.389. The molecule has 0 atom stereocenters. The van der Waals surface area contributed by atoms with E-state index in [0.717, 1.165) is 11.8 Å². The molecular formula is C18H23N5O7S. The van der Waals surface area contributed by atoms with E-state index in [0.29, 0.717) is 56.5 Å². The molecule has 0 aliphatic rings. The van der Waals surface area contributed by atoms with Crippen molar-refractivity contribution in [2.75, 3.05) is 58.6 Å². The molecular weight excluding hydrogens is 430 g/mol. The summed E-state index contributed by atoms with van der Waals surface area (Å²) in [7, 11) is 3.25. The third-order valence-corrected chi connectivity index (χ3v) is 4.99. The third-order valence-electron chi connectivity index (χ3n) is 4.03. The van der Waals surface area contributed by atoms with E-state index in [4.69, 9.17) is 14.2 Å². The molecule has 12 nitrogen and oxygen atoms in total. The fourth-order valence-electron chi connectivity index (χ4n) is 2.48. The molecule has 1 aromatic heterocycles. The molecule has 1 heterocycles. The summed E-state index contributed by atoms with van der Waals surface area (Å²) in [6.45, 7) is 3.43. The van der Waals surface area contributed by atoms with E-state index in [1.807, 2.05) is 12.1 Å². The van der Waals surface area contributed by atoms with E-state index in [1.165, 1.54) is 0 Å². The van der Waals surface area contributed by atoms with E-state index >= 15 is 0 Å². The second kappa shape index (κ2) is 12.6. The lowest BCUT2D eigenvalue weighted by atomic mass is 10.2. The van der Waals surface area contributed by atoms with Crippen LogP contribution in [0.3, 0.4) is 0 Å². The highest BCUT2D eigenvalue weighted by Crippen LogP contribution is 2.41. The molecule has 2 aromatic rings. The van der Waals surface area contributed by atoms with Crippen LogP contribution < -0.4 is 4.90 Å². The second-order valence-corrected chi connectivity index (χ2v) is 7.10. The number of azo groups is 1. The molecule has 2 rings (SSSR count). The molecule has 0 unspecified atom stereocenters. The van der Waals surface area contributed by atoms with Gasteiger partial charge in [0.15, 0.2) is 0 Å². The fourth-order valence-corrected chi connectivity index (χ4v) is 3.24. The Morgan fingerprint density at radius 1 is 0.935 bits per heavy atom. The first-order valence-electron chi connectivity index (χ1n) is 9.21. The van der Waals surface area contributed by atoms with Gasteiger partial charge in [-0.15, -0.1) is 10.2 Å². The van der Waals surface area contributed by atoms with Gasteiger partial charge < -0.3 is 19.1 Å². The maximum atomic E-state index is 11.1. The molecule has 1 aromatic carbocycles. The summed E-state index contributed by atoms with van der Waals surface area (Å²) < 4.78 is 15.6. The average molecular weight is 453 g/mol. The van der Waals surface area contributed by atoms with Crippen LogP contribution >= 0.6 is 11.3 Å². The standard InChI is InChI=1S/C18H23N5O7S/c1-28-9-7-21(8-10-30-12-11-29-2)15-5-3-14(4-6-15)19-20-18-16(22(24)25)13-17(31-18)23(26)27/h3-6,13H,7-12H2,1-2H3/b20-19+. The lowest BCUT2D eigenvalue weighted by Gasteiger charge is -2.24. The molecule has 0 aliphatic heterocycles. The monoisotopic (exact) mass is 453 g/mol. The highest BCUT2D eigenvalue weighted by molar-refractivity contribution is 7.19. The first-order valence-corrected chi connectivity index (χ1v) is 10.0. The average Bonchev–Trinajstić information content (AvgIpc) is 3.20. The number of anilines is 1. The normalized spacial score (nSPS) is 11.2. The van der Waals surface area contributed by atoms with Crippen LogP contribution in [0.25, 0.3) is 0 Å². The molecule has 168 valence electrons. The van der Waals surface area contributed by atoms with Gasteiger partial charge in [0.05, 0.1) is 42.0 Å². The predicted octanol–water partition coefficient (Wildman–Crippen LogP) is 4.10. The first-order chi connectivity index (χ1) is 15.0. The molecule has 0 saturated carbocycles. The van der Waals surface area contributed by atoms with Crippen molar-refractivity contribution in [1.29, 1.82) is 0 Å². The summed E-state index contributed by atoms with van der Waals surface area (Å²) in [6, 6.07) is 7.97. The SMILES string of the molecule is COCCOCCN(CCOC)c1ccc(/N=N/c2sc([N+](=O)[O-])cc2[N+](=O)[O-])cc1. The summed E-state index contributed by atoms with van der Waals surface area (Å²) in [6.07, 6.45) is 0. The van der Waals surface area contributed by atoms with Gasteiger partial charge in [-0.3, -0.25) is 20.2 Å². The van der Waals surface area contributed by atoms with Gasteiger partial charge in [-0.1, -0.05) is 0 Å². The number of ether oxygens (including phenoxy) is 3. The molecule has 13 heteroatoms. The van der Waals surface area contributed by atoms with E-state index in [1.54, 1.807) is 26.4 Å². The zero-order valence-electron chi connectivity index (χ0n) is 17.1. The smallest absolute Gasteiger partial charge is 0.333 e. The summed E-state index contributed by atoms with van der Waals surface area (Å²) in [5, 5.41) is 29.3. The van der Waals surface area contributed by atoms with Crippen molar-refractivity contribution in [3.63, 3.8) is 0 Å². The van der Waals surface area contributed by atoms with E-state index in [-0.39, 0.29) is 10.0 Å². The summed E-state index contributed by atoms with van der Waals surface area (Å²) in [5.74, 6) is 0. The zero-order chi connectivity index (χ0) is 22.6. The molecule has 0 N–H and O–H groups in total. The van der Waals surface area contributed by atoms with Crippen molar-refractivity contribution in [2.45, 2.75) is 0 Å². The number of hydrogen-bond acceptors (Lipinski definition) is 11. The summed E-state index contributed by atoms with van der Waals surface area (Å²) >= 11 is 0.601. The lowest BCUT2D eigenvalue weighted by Crippen LogP contribution is -2.31. The van der Waals surface area contributed by atoms with Gasteiger partial charge in [0, 0.05) is 33.0 Å². The number of benzene rings is 1. The van der Waals surface area contributed by atoms with Crippen LogP contribution in [0.4, 0.5) is 27.1 Å². The first kappa shape index (κ1) is 24.3. The third kappa shape index (κ3) is 7.64. The highest BCUT2D eigenvalue weighted by atomic mass is 32.1. The van der Waals surface area contributed by atoms with Gasteiger partial charge in [-0.05, 0) is 35.6 Å². The molecule has 0 fully saturated rings. The minimum absolute atomic E-state index is 0.129. The van der Waals surface area contributed by atoms with Crippen LogP contribution in [-0.4, -0.2) is 63.6 Å². The van der Waals surface area contributed by atoms with Crippen LogP contribution in [0.5, 0.6) is 0 Å². The van der Waals surface area contributed by atoms with Crippen molar-refractivity contribution in [3.8, 4) is 0 Å². The van der Waals surface area contributed by atoms with Gasteiger partial charge in [-0.2, -0.15) is 0 Å². The fraction of sp³-hybridized carbons (Fsp3) is 0.444. The van der Waals surface area contributed by atoms with Gasteiger partial charge in [0.1, 0.15) is 6.07 Å². The zero-order valence-corrected chi connectivity index (χ0v) is 17.9. The number of methoxy groups -OCH3 is 2. The highest BCUT2D eigenvalue weighted by Gasteiger charge is 2.25. The van der Waals surface area contributed by atoms with Crippen LogP contribution in [0.1, 0.15) is 0 Å². The van der Waals surface area contributed by atoms with Crippen LogP contribution in [0, 0.1) is 20.2 Å². The number of rotatable bonds is 14. The Kier molecular flexibility index (Phi) is 9.90. The Bertz CT molecular complexity index is 888. The van der Waals surface area contributed by atoms with E-state index in [2.05, 4.69) is 15.1 Å². The predicted molar refractivity (Wildman–Crippen MR) is 115 cm³/mol. The minimum Gasteiger partial charge on any atom is -0.383 e. The molecule has 0 amide bonds. The molecule has 0 aliphatic carbocycles. The summed E-state index contributed by atoms with van der Waals surface area (Å²) in [5.41, 5.74) is 0.928. The molecule has 0 spiro atoms. The van der Waals surface area contributed by atoms with E-state index in [9.17, 15) is 20.2 Å². The molecule has 0 bridgehead atoms. The van der Waals surface area contributed by atoms with Gasteiger partial charge >= 0.3 is 10.7 Å². The van der Waals surface area contributed by atoms with Gasteiger partial charge in [-0.25, -0.2) is 0 Å². The Balaban J connectivity index is 2.08. The maximum absolute atomic E-state index is 11.1.